The molecule has 1 unspecified atom stereocenters. The van der Waals surface area contributed by atoms with Crippen molar-refractivity contribution in [3.8, 4) is 11.4 Å². The number of amides is 1. The first-order valence-electron chi connectivity index (χ1n) is 8.74. The van der Waals surface area contributed by atoms with Crippen LogP contribution in [0, 0.1) is 5.41 Å². The van der Waals surface area contributed by atoms with Crippen LogP contribution in [0.4, 0.5) is 0 Å². The van der Waals surface area contributed by atoms with Crippen LogP contribution in [0.5, 0.6) is 0 Å². The van der Waals surface area contributed by atoms with Crippen molar-refractivity contribution in [1.82, 2.24) is 19.7 Å². The number of thiophene rings is 1. The molecule has 2 aromatic heterocycles. The Morgan fingerprint density at radius 2 is 1.96 bits per heavy atom. The van der Waals surface area contributed by atoms with Crippen molar-refractivity contribution in [1.29, 1.82) is 0 Å². The minimum absolute atomic E-state index is 0.107. The minimum atomic E-state index is 0.107. The van der Waals surface area contributed by atoms with Crippen molar-refractivity contribution >= 4 is 17.2 Å². The maximum Gasteiger partial charge on any atom is 0.230 e. The highest BCUT2D eigenvalue weighted by atomic mass is 32.1. The number of hydrogen-bond acceptors (Lipinski definition) is 4. The third-order valence-corrected chi connectivity index (χ3v) is 5.99. The van der Waals surface area contributed by atoms with E-state index in [1.54, 1.807) is 11.3 Å². The van der Waals surface area contributed by atoms with Gasteiger partial charge in [-0.25, -0.2) is 0 Å². The standard InChI is InChI=1S/C20H22N4OS/c1-20(2)13-24(18(20)15-10-7-11-26-15)17(25)12-16-21-22-19(23(16)3)14-8-5-4-6-9-14/h4-11,18H,12-13H2,1-3H3. The number of rotatable bonds is 4. The van der Waals surface area contributed by atoms with Crippen LogP contribution >= 0.6 is 11.3 Å². The topological polar surface area (TPSA) is 51.0 Å². The van der Waals surface area contributed by atoms with Gasteiger partial charge in [-0.1, -0.05) is 50.2 Å². The van der Waals surface area contributed by atoms with Gasteiger partial charge in [-0.2, -0.15) is 0 Å². The zero-order chi connectivity index (χ0) is 18.3. The lowest BCUT2D eigenvalue weighted by atomic mass is 9.74. The van der Waals surface area contributed by atoms with E-state index in [1.807, 2.05) is 52.9 Å². The predicted octanol–water partition coefficient (Wildman–Crippen LogP) is 3.70. The van der Waals surface area contributed by atoms with Gasteiger partial charge in [0.15, 0.2) is 5.82 Å². The van der Waals surface area contributed by atoms with Crippen molar-refractivity contribution in [2.45, 2.75) is 26.3 Å². The van der Waals surface area contributed by atoms with E-state index in [9.17, 15) is 4.79 Å². The number of benzene rings is 1. The fraction of sp³-hybridized carbons (Fsp3) is 0.350. The zero-order valence-corrected chi connectivity index (χ0v) is 16.0. The van der Waals surface area contributed by atoms with Gasteiger partial charge in [-0.05, 0) is 11.4 Å². The van der Waals surface area contributed by atoms with E-state index in [-0.39, 0.29) is 23.8 Å². The first-order valence-corrected chi connectivity index (χ1v) is 9.62. The van der Waals surface area contributed by atoms with Gasteiger partial charge in [0.2, 0.25) is 5.91 Å². The average Bonchev–Trinajstić information content (AvgIpc) is 3.24. The molecule has 1 saturated heterocycles. The van der Waals surface area contributed by atoms with Gasteiger partial charge < -0.3 is 9.47 Å². The van der Waals surface area contributed by atoms with Gasteiger partial charge in [0.25, 0.3) is 0 Å². The molecule has 3 aromatic rings. The lowest BCUT2D eigenvalue weighted by Gasteiger charge is -2.54. The molecule has 0 bridgehead atoms. The van der Waals surface area contributed by atoms with Crippen LogP contribution in [0.2, 0.25) is 0 Å². The molecule has 1 aliphatic heterocycles. The Labute approximate surface area is 157 Å². The summed E-state index contributed by atoms with van der Waals surface area (Å²) in [7, 11) is 1.92. The Hall–Kier alpha value is -2.47. The molecule has 26 heavy (non-hydrogen) atoms. The normalized spacial score (nSPS) is 18.6. The number of nitrogens with zero attached hydrogens (tertiary/aromatic N) is 4. The maximum absolute atomic E-state index is 12.9. The highest BCUT2D eigenvalue weighted by molar-refractivity contribution is 7.10. The van der Waals surface area contributed by atoms with Gasteiger partial charge in [0.05, 0.1) is 12.5 Å². The van der Waals surface area contributed by atoms with Gasteiger partial charge in [-0.3, -0.25) is 4.79 Å². The number of hydrogen-bond donors (Lipinski definition) is 0. The third kappa shape index (κ3) is 2.84. The molecule has 5 nitrogen and oxygen atoms in total. The van der Waals surface area contributed by atoms with E-state index in [1.165, 1.54) is 4.88 Å². The van der Waals surface area contributed by atoms with E-state index in [2.05, 4.69) is 35.5 Å². The third-order valence-electron chi connectivity index (χ3n) is 5.07. The molecule has 6 heteroatoms. The summed E-state index contributed by atoms with van der Waals surface area (Å²) in [6, 6.07) is 14.2. The van der Waals surface area contributed by atoms with Crippen LogP contribution < -0.4 is 0 Å². The molecule has 4 rings (SSSR count). The number of carbonyl (C=O) groups is 1. The van der Waals surface area contributed by atoms with Gasteiger partial charge in [-0.15, -0.1) is 21.5 Å². The summed E-state index contributed by atoms with van der Waals surface area (Å²) in [4.78, 5) is 16.2. The van der Waals surface area contributed by atoms with E-state index in [0.717, 1.165) is 17.9 Å². The highest BCUT2D eigenvalue weighted by Gasteiger charge is 2.49. The molecule has 1 fully saturated rings. The van der Waals surface area contributed by atoms with Crippen LogP contribution in [0.25, 0.3) is 11.4 Å². The lowest BCUT2D eigenvalue weighted by molar-refractivity contribution is -0.151. The second kappa shape index (κ2) is 6.36. The SMILES string of the molecule is Cn1c(CC(=O)N2CC(C)(C)C2c2cccs2)nnc1-c1ccccc1. The molecule has 3 heterocycles. The molecule has 0 spiro atoms. The summed E-state index contributed by atoms with van der Waals surface area (Å²) in [5.41, 5.74) is 1.11. The molecule has 1 atom stereocenters. The van der Waals surface area contributed by atoms with Crippen LogP contribution in [-0.2, 0) is 18.3 Å². The molecule has 134 valence electrons. The van der Waals surface area contributed by atoms with Crippen molar-refractivity contribution in [3.63, 3.8) is 0 Å². The fourth-order valence-electron chi connectivity index (χ4n) is 3.73. The molecular weight excluding hydrogens is 344 g/mol. The molecule has 1 aromatic carbocycles. The number of carbonyl (C=O) groups excluding carboxylic acids is 1. The molecule has 0 aliphatic carbocycles. The average molecular weight is 366 g/mol. The summed E-state index contributed by atoms with van der Waals surface area (Å²) in [6.45, 7) is 5.21. The second-order valence-corrected chi connectivity index (χ2v) is 8.45. The van der Waals surface area contributed by atoms with Crippen molar-refractivity contribution < 1.29 is 4.79 Å². The van der Waals surface area contributed by atoms with Crippen molar-refractivity contribution in [3.05, 3.63) is 58.5 Å². The van der Waals surface area contributed by atoms with E-state index < -0.39 is 0 Å². The fourth-order valence-corrected chi connectivity index (χ4v) is 4.78. The first kappa shape index (κ1) is 17.0. The van der Waals surface area contributed by atoms with Gasteiger partial charge >= 0.3 is 0 Å². The molecule has 0 saturated carbocycles. The largest absolute Gasteiger partial charge is 0.333 e. The highest BCUT2D eigenvalue weighted by Crippen LogP contribution is 2.49. The second-order valence-electron chi connectivity index (χ2n) is 7.47. The molecule has 0 radical (unpaired) electrons. The Morgan fingerprint density at radius 3 is 2.62 bits per heavy atom. The molecule has 1 aliphatic rings. The monoisotopic (exact) mass is 366 g/mol. The van der Waals surface area contributed by atoms with Gasteiger partial charge in [0.1, 0.15) is 5.82 Å². The molecule has 1 amide bonds. The smallest absolute Gasteiger partial charge is 0.230 e. The summed E-state index contributed by atoms with van der Waals surface area (Å²) in [5.74, 6) is 1.59. The minimum Gasteiger partial charge on any atom is -0.333 e. The number of aromatic nitrogens is 3. The van der Waals surface area contributed by atoms with Crippen LogP contribution in [0.3, 0.4) is 0 Å². The number of likely N-dealkylation sites (tertiary alicyclic amines) is 1. The summed E-state index contributed by atoms with van der Waals surface area (Å²) >= 11 is 1.71. The maximum atomic E-state index is 12.9. The Balaban J connectivity index is 1.53. The van der Waals surface area contributed by atoms with Crippen LogP contribution in [0.15, 0.2) is 47.8 Å². The first-order chi connectivity index (χ1) is 12.5. The van der Waals surface area contributed by atoms with E-state index in [4.69, 9.17) is 0 Å². The Morgan fingerprint density at radius 1 is 1.19 bits per heavy atom. The van der Waals surface area contributed by atoms with E-state index >= 15 is 0 Å². The predicted molar refractivity (Wildman–Crippen MR) is 103 cm³/mol. The lowest BCUT2D eigenvalue weighted by Crippen LogP contribution is -2.58. The molecule has 0 N–H and O–H groups in total. The van der Waals surface area contributed by atoms with Crippen molar-refractivity contribution in [2.24, 2.45) is 12.5 Å². The Kier molecular flexibility index (Phi) is 4.15. The molecular formula is C20H22N4OS. The quantitative estimate of drug-likeness (QED) is 0.707. The van der Waals surface area contributed by atoms with E-state index in [0.29, 0.717) is 5.82 Å². The van der Waals surface area contributed by atoms with Crippen LogP contribution in [0.1, 0.15) is 30.6 Å². The zero-order valence-electron chi connectivity index (χ0n) is 15.2. The van der Waals surface area contributed by atoms with Crippen molar-refractivity contribution in [2.75, 3.05) is 6.54 Å². The summed E-state index contributed by atoms with van der Waals surface area (Å²) in [5, 5.41) is 10.6. The summed E-state index contributed by atoms with van der Waals surface area (Å²) in [6.07, 6.45) is 0.272. The summed E-state index contributed by atoms with van der Waals surface area (Å²) < 4.78 is 1.91. The van der Waals surface area contributed by atoms with Crippen LogP contribution in [-0.4, -0.2) is 32.1 Å². The Bertz CT molecular complexity index is 915. The van der Waals surface area contributed by atoms with Gasteiger partial charge in [0, 0.05) is 29.4 Å².